The number of nitrogens with one attached hydrogen (secondary N) is 2. The van der Waals surface area contributed by atoms with Gasteiger partial charge in [0.05, 0.1) is 10.2 Å². The van der Waals surface area contributed by atoms with E-state index in [1.165, 1.54) is 0 Å². The van der Waals surface area contributed by atoms with Crippen LogP contribution in [0.25, 0.3) is 0 Å². The molecule has 1 saturated carbocycles. The average Bonchev–Trinajstić information content (AvgIpc) is 3.33. The van der Waals surface area contributed by atoms with Gasteiger partial charge >= 0.3 is 0 Å². The molecule has 10 heteroatoms. The minimum absolute atomic E-state index is 0.0495. The van der Waals surface area contributed by atoms with Gasteiger partial charge in [-0.1, -0.05) is 6.42 Å². The summed E-state index contributed by atoms with van der Waals surface area (Å²) in [6, 6.07) is 7.36. The lowest BCUT2D eigenvalue weighted by Gasteiger charge is -2.32. The average molecular weight is 547 g/mol. The minimum Gasteiger partial charge on any atom is -0.353 e. The van der Waals surface area contributed by atoms with Crippen LogP contribution in [0.4, 0.5) is 16.0 Å². The van der Waals surface area contributed by atoms with Gasteiger partial charge in [0.15, 0.2) is 0 Å². The van der Waals surface area contributed by atoms with Gasteiger partial charge in [0, 0.05) is 56.1 Å². The number of amides is 2. The SMILES string of the molecule is CN1CCN(C(=O)c2ccc(Nc3ncc(Br)c(C[C@@H]4CCC[C@@H]4C(=O)NCCF)n3)cc2)CC1. The molecule has 1 saturated heterocycles. The number of anilines is 2. The molecule has 35 heavy (non-hydrogen) atoms. The molecule has 1 aliphatic carbocycles. The van der Waals surface area contributed by atoms with Crippen LogP contribution in [0.15, 0.2) is 34.9 Å². The molecule has 1 aromatic heterocycles. The van der Waals surface area contributed by atoms with Crippen molar-refractivity contribution >= 4 is 39.4 Å². The van der Waals surface area contributed by atoms with Crippen LogP contribution in [0, 0.1) is 11.8 Å². The number of hydrogen-bond acceptors (Lipinski definition) is 6. The first-order valence-corrected chi connectivity index (χ1v) is 12.9. The van der Waals surface area contributed by atoms with Crippen LogP contribution >= 0.6 is 15.9 Å². The van der Waals surface area contributed by atoms with Crippen molar-refractivity contribution in [1.29, 1.82) is 0 Å². The third-order valence-corrected chi connectivity index (χ3v) is 7.50. The van der Waals surface area contributed by atoms with Crippen LogP contribution in [0.1, 0.15) is 35.3 Å². The Morgan fingerprint density at radius 3 is 2.60 bits per heavy atom. The van der Waals surface area contributed by atoms with Crippen LogP contribution < -0.4 is 10.6 Å². The number of hydrogen-bond donors (Lipinski definition) is 2. The molecule has 0 bridgehead atoms. The number of benzene rings is 1. The highest BCUT2D eigenvalue weighted by atomic mass is 79.9. The molecule has 2 atom stereocenters. The summed E-state index contributed by atoms with van der Waals surface area (Å²) in [4.78, 5) is 38.4. The summed E-state index contributed by atoms with van der Waals surface area (Å²) in [5, 5.41) is 5.90. The van der Waals surface area contributed by atoms with Gasteiger partial charge in [0.25, 0.3) is 5.91 Å². The zero-order valence-corrected chi connectivity index (χ0v) is 21.6. The summed E-state index contributed by atoms with van der Waals surface area (Å²) in [5.74, 6) is 0.477. The third-order valence-electron chi connectivity index (χ3n) is 6.84. The molecular weight excluding hydrogens is 515 g/mol. The number of rotatable bonds is 8. The highest BCUT2D eigenvalue weighted by Crippen LogP contribution is 2.35. The maximum absolute atomic E-state index is 12.8. The van der Waals surface area contributed by atoms with Gasteiger partial charge in [0.2, 0.25) is 11.9 Å². The van der Waals surface area contributed by atoms with Gasteiger partial charge in [0.1, 0.15) is 6.67 Å². The number of carbonyl (C=O) groups excluding carboxylic acids is 2. The summed E-state index contributed by atoms with van der Waals surface area (Å²) in [6.07, 6.45) is 5.09. The first-order chi connectivity index (χ1) is 16.9. The van der Waals surface area contributed by atoms with Crippen molar-refractivity contribution in [1.82, 2.24) is 25.1 Å². The number of piperazine rings is 1. The largest absolute Gasteiger partial charge is 0.353 e. The van der Waals surface area contributed by atoms with Crippen molar-refractivity contribution in [2.45, 2.75) is 25.7 Å². The molecule has 2 amide bonds. The fraction of sp³-hybridized carbons (Fsp3) is 0.520. The van der Waals surface area contributed by atoms with Crippen molar-refractivity contribution in [3.8, 4) is 0 Å². The van der Waals surface area contributed by atoms with Crippen LogP contribution in [-0.4, -0.2) is 78.0 Å². The molecule has 0 spiro atoms. The van der Waals surface area contributed by atoms with E-state index < -0.39 is 6.67 Å². The molecule has 4 rings (SSSR count). The second-order valence-electron chi connectivity index (χ2n) is 9.27. The van der Waals surface area contributed by atoms with Gasteiger partial charge in [-0.15, -0.1) is 0 Å². The maximum Gasteiger partial charge on any atom is 0.253 e. The lowest BCUT2D eigenvalue weighted by atomic mass is 9.90. The Labute approximate surface area is 213 Å². The normalized spacial score (nSPS) is 20.6. The van der Waals surface area contributed by atoms with E-state index >= 15 is 0 Å². The number of carbonyl (C=O) groups is 2. The molecule has 1 aromatic carbocycles. The molecule has 2 N–H and O–H groups in total. The predicted octanol–water partition coefficient (Wildman–Crippen LogP) is 3.41. The molecular formula is C25H32BrFN6O2. The van der Waals surface area contributed by atoms with E-state index in [-0.39, 0.29) is 30.2 Å². The van der Waals surface area contributed by atoms with Crippen molar-refractivity contribution < 1.29 is 14.0 Å². The Kier molecular flexibility index (Phi) is 8.67. The Morgan fingerprint density at radius 1 is 1.14 bits per heavy atom. The number of nitrogens with zero attached hydrogens (tertiary/aromatic N) is 4. The van der Waals surface area contributed by atoms with E-state index in [0.717, 1.165) is 61.3 Å². The Bertz CT molecular complexity index is 1030. The second kappa shape index (κ2) is 11.9. The first-order valence-electron chi connectivity index (χ1n) is 12.1. The van der Waals surface area contributed by atoms with E-state index in [1.54, 1.807) is 6.20 Å². The van der Waals surface area contributed by atoms with Crippen molar-refractivity contribution in [3.63, 3.8) is 0 Å². The quantitative estimate of drug-likeness (QED) is 0.527. The monoisotopic (exact) mass is 546 g/mol. The summed E-state index contributed by atoms with van der Waals surface area (Å²) in [6.45, 7) is 2.76. The molecule has 1 aliphatic heterocycles. The predicted molar refractivity (Wildman–Crippen MR) is 136 cm³/mol. The number of halogens is 2. The molecule has 2 aromatic rings. The Morgan fingerprint density at radius 2 is 1.89 bits per heavy atom. The van der Waals surface area contributed by atoms with E-state index in [0.29, 0.717) is 17.9 Å². The van der Waals surface area contributed by atoms with Gasteiger partial charge in [-0.2, -0.15) is 0 Å². The Hall–Kier alpha value is -2.59. The second-order valence-corrected chi connectivity index (χ2v) is 10.1. The van der Waals surface area contributed by atoms with E-state index in [2.05, 4.69) is 48.5 Å². The van der Waals surface area contributed by atoms with Crippen LogP contribution in [0.5, 0.6) is 0 Å². The molecule has 2 fully saturated rings. The third kappa shape index (κ3) is 6.55. The van der Waals surface area contributed by atoms with E-state index in [1.807, 2.05) is 29.2 Å². The van der Waals surface area contributed by atoms with Crippen LogP contribution in [0.2, 0.25) is 0 Å². The van der Waals surface area contributed by atoms with Gasteiger partial charge in [-0.05, 0) is 72.4 Å². The fourth-order valence-electron chi connectivity index (χ4n) is 4.80. The number of aromatic nitrogens is 2. The highest BCUT2D eigenvalue weighted by molar-refractivity contribution is 9.10. The molecule has 0 unspecified atom stereocenters. The van der Waals surface area contributed by atoms with Crippen molar-refractivity contribution in [2.24, 2.45) is 11.8 Å². The minimum atomic E-state index is -0.555. The Balaban J connectivity index is 1.39. The van der Waals surface area contributed by atoms with Crippen molar-refractivity contribution in [2.75, 3.05) is 51.8 Å². The van der Waals surface area contributed by atoms with Crippen LogP contribution in [-0.2, 0) is 11.2 Å². The lowest BCUT2D eigenvalue weighted by molar-refractivity contribution is -0.126. The summed E-state index contributed by atoms with van der Waals surface area (Å²) < 4.78 is 13.3. The van der Waals surface area contributed by atoms with E-state index in [9.17, 15) is 14.0 Å². The maximum atomic E-state index is 12.8. The number of likely N-dealkylation sites (N-methyl/N-ethyl adjacent to an activating group) is 1. The molecule has 8 nitrogen and oxygen atoms in total. The van der Waals surface area contributed by atoms with E-state index in [4.69, 9.17) is 0 Å². The fourth-order valence-corrected chi connectivity index (χ4v) is 5.15. The molecule has 2 aliphatic rings. The number of alkyl halides is 1. The summed E-state index contributed by atoms with van der Waals surface area (Å²) in [7, 11) is 2.07. The molecule has 188 valence electrons. The highest BCUT2D eigenvalue weighted by Gasteiger charge is 2.33. The first kappa shape index (κ1) is 25.5. The van der Waals surface area contributed by atoms with Crippen LogP contribution in [0.3, 0.4) is 0 Å². The van der Waals surface area contributed by atoms with Gasteiger partial charge < -0.3 is 20.4 Å². The topological polar surface area (TPSA) is 90.5 Å². The summed E-state index contributed by atoms with van der Waals surface area (Å²) >= 11 is 3.54. The van der Waals surface area contributed by atoms with Crippen molar-refractivity contribution in [3.05, 3.63) is 46.2 Å². The van der Waals surface area contributed by atoms with Gasteiger partial charge in [-0.3, -0.25) is 9.59 Å². The lowest BCUT2D eigenvalue weighted by Crippen LogP contribution is -2.47. The zero-order valence-electron chi connectivity index (χ0n) is 20.0. The smallest absolute Gasteiger partial charge is 0.253 e. The molecule has 2 heterocycles. The molecule has 0 radical (unpaired) electrons. The zero-order chi connectivity index (χ0) is 24.8. The van der Waals surface area contributed by atoms with Gasteiger partial charge in [-0.25, -0.2) is 14.4 Å². The summed E-state index contributed by atoms with van der Waals surface area (Å²) in [5.41, 5.74) is 2.29. The standard InChI is InChI=1S/C25H32BrFN6O2/c1-32-11-13-33(14-12-32)24(35)17-5-7-19(8-6-17)30-25-29-16-21(26)22(31-25)15-18-3-2-4-20(18)23(34)28-10-9-27/h5-8,16,18,20H,2-4,9-15H2,1H3,(H,28,34)(H,29,30,31)/t18-,20-/m0/s1.